The molecule has 0 N–H and O–H groups in total. The molecule has 30 heavy (non-hydrogen) atoms. The number of halogens is 1. The van der Waals surface area contributed by atoms with Crippen molar-refractivity contribution in [3.05, 3.63) is 101 Å². The molecule has 5 nitrogen and oxygen atoms in total. The lowest BCUT2D eigenvalue weighted by Crippen LogP contribution is -2.31. The molecular formula is C24H22FNO4. The van der Waals surface area contributed by atoms with Gasteiger partial charge in [-0.15, -0.1) is 0 Å². The summed E-state index contributed by atoms with van der Waals surface area (Å²) < 4.78 is 24.2. The van der Waals surface area contributed by atoms with Gasteiger partial charge in [0.1, 0.15) is 18.2 Å². The first-order chi connectivity index (χ1) is 14.5. The lowest BCUT2D eigenvalue weighted by Gasteiger charge is -2.17. The second-order valence-electron chi connectivity index (χ2n) is 6.71. The first-order valence-corrected chi connectivity index (χ1v) is 9.44. The van der Waals surface area contributed by atoms with Crippen LogP contribution in [0.5, 0.6) is 5.75 Å². The lowest BCUT2D eigenvalue weighted by molar-refractivity contribution is -0.133. The van der Waals surface area contributed by atoms with E-state index < -0.39 is 12.6 Å². The maximum absolute atomic E-state index is 13.3. The number of nitrogens with zero attached hydrogens (tertiary/aromatic N) is 1. The molecule has 0 saturated heterocycles. The van der Waals surface area contributed by atoms with E-state index in [-0.39, 0.29) is 24.9 Å². The van der Waals surface area contributed by atoms with E-state index >= 15 is 0 Å². The van der Waals surface area contributed by atoms with Crippen LogP contribution in [0.25, 0.3) is 0 Å². The van der Waals surface area contributed by atoms with Gasteiger partial charge in [-0.25, -0.2) is 9.18 Å². The van der Waals surface area contributed by atoms with Crippen molar-refractivity contribution >= 4 is 11.9 Å². The van der Waals surface area contributed by atoms with E-state index in [1.54, 1.807) is 43.4 Å². The van der Waals surface area contributed by atoms with E-state index in [1.165, 1.54) is 17.0 Å². The fourth-order valence-electron chi connectivity index (χ4n) is 2.84. The SMILES string of the molecule is CN(Cc1cccc(F)c1)C(=O)COC(=O)c1ccccc1COc1ccccc1. The van der Waals surface area contributed by atoms with Gasteiger partial charge >= 0.3 is 5.97 Å². The fraction of sp³-hybridized carbons (Fsp3) is 0.167. The van der Waals surface area contributed by atoms with Gasteiger partial charge in [-0.3, -0.25) is 4.79 Å². The Bertz CT molecular complexity index is 1010. The summed E-state index contributed by atoms with van der Waals surface area (Å²) in [4.78, 5) is 26.2. The average molecular weight is 407 g/mol. The first kappa shape index (κ1) is 21.0. The minimum atomic E-state index is -0.602. The Balaban J connectivity index is 1.56. The van der Waals surface area contributed by atoms with Gasteiger partial charge < -0.3 is 14.4 Å². The second kappa shape index (κ2) is 10.2. The average Bonchev–Trinajstić information content (AvgIpc) is 2.76. The van der Waals surface area contributed by atoms with E-state index in [2.05, 4.69) is 0 Å². The number of esters is 1. The van der Waals surface area contributed by atoms with Crippen molar-refractivity contribution in [2.75, 3.05) is 13.7 Å². The van der Waals surface area contributed by atoms with Crippen LogP contribution in [0, 0.1) is 5.82 Å². The van der Waals surface area contributed by atoms with Crippen molar-refractivity contribution in [1.29, 1.82) is 0 Å². The highest BCUT2D eigenvalue weighted by Gasteiger charge is 2.17. The Labute approximate surface area is 174 Å². The summed E-state index contributed by atoms with van der Waals surface area (Å²) in [6.45, 7) is 0.0108. The summed E-state index contributed by atoms with van der Waals surface area (Å²) in [5.41, 5.74) is 1.65. The Morgan fingerprint density at radius 1 is 0.933 bits per heavy atom. The summed E-state index contributed by atoms with van der Waals surface area (Å²) in [5, 5.41) is 0. The van der Waals surface area contributed by atoms with E-state index in [9.17, 15) is 14.0 Å². The number of carbonyl (C=O) groups excluding carboxylic acids is 2. The summed E-state index contributed by atoms with van der Waals surface area (Å²) in [5.74, 6) is -0.663. The monoisotopic (exact) mass is 407 g/mol. The zero-order valence-corrected chi connectivity index (χ0v) is 16.6. The third-order valence-electron chi connectivity index (χ3n) is 4.44. The van der Waals surface area contributed by atoms with Crippen LogP contribution in [-0.4, -0.2) is 30.4 Å². The molecule has 0 heterocycles. The summed E-state index contributed by atoms with van der Waals surface area (Å²) >= 11 is 0. The molecule has 0 spiro atoms. The Kier molecular flexibility index (Phi) is 7.16. The van der Waals surface area contributed by atoms with Crippen molar-refractivity contribution < 1.29 is 23.5 Å². The number of rotatable bonds is 8. The van der Waals surface area contributed by atoms with Gasteiger partial charge in [-0.05, 0) is 35.9 Å². The molecule has 154 valence electrons. The van der Waals surface area contributed by atoms with Gasteiger partial charge in [0.05, 0.1) is 5.56 Å². The Hall–Kier alpha value is -3.67. The molecule has 1 amide bonds. The van der Waals surface area contributed by atoms with Gasteiger partial charge in [0.15, 0.2) is 6.61 Å². The van der Waals surface area contributed by atoms with Crippen molar-refractivity contribution in [1.82, 2.24) is 4.90 Å². The van der Waals surface area contributed by atoms with Crippen molar-refractivity contribution in [2.45, 2.75) is 13.2 Å². The predicted molar refractivity (Wildman–Crippen MR) is 110 cm³/mol. The number of likely N-dealkylation sites (N-methyl/N-ethyl adjacent to an activating group) is 1. The van der Waals surface area contributed by atoms with Crippen molar-refractivity contribution in [3.63, 3.8) is 0 Å². The number of hydrogen-bond donors (Lipinski definition) is 0. The van der Waals surface area contributed by atoms with Crippen LogP contribution in [0.2, 0.25) is 0 Å². The number of carbonyl (C=O) groups is 2. The van der Waals surface area contributed by atoms with Gasteiger partial charge in [0.2, 0.25) is 0 Å². The first-order valence-electron chi connectivity index (χ1n) is 9.44. The zero-order valence-electron chi connectivity index (χ0n) is 16.6. The summed E-state index contributed by atoms with van der Waals surface area (Å²) in [7, 11) is 1.57. The highest BCUT2D eigenvalue weighted by Crippen LogP contribution is 2.16. The predicted octanol–water partition coefficient (Wildman–Crippen LogP) is 4.22. The topological polar surface area (TPSA) is 55.8 Å². The normalized spacial score (nSPS) is 10.3. The maximum atomic E-state index is 13.3. The van der Waals surface area contributed by atoms with E-state index in [4.69, 9.17) is 9.47 Å². The molecule has 0 atom stereocenters. The minimum absolute atomic E-state index is 0.197. The highest BCUT2D eigenvalue weighted by atomic mass is 19.1. The third kappa shape index (κ3) is 5.91. The molecule has 0 aliphatic rings. The van der Waals surface area contributed by atoms with E-state index in [0.717, 1.165) is 0 Å². The summed E-state index contributed by atoms with van der Waals surface area (Å²) in [6, 6.07) is 22.2. The number of hydrogen-bond acceptors (Lipinski definition) is 4. The Morgan fingerprint density at radius 2 is 1.67 bits per heavy atom. The molecule has 0 bridgehead atoms. The molecule has 0 unspecified atom stereocenters. The van der Waals surface area contributed by atoms with Crippen LogP contribution < -0.4 is 4.74 Å². The van der Waals surface area contributed by atoms with Crippen LogP contribution in [0.1, 0.15) is 21.5 Å². The van der Waals surface area contributed by atoms with Crippen molar-refractivity contribution in [3.8, 4) is 5.75 Å². The Morgan fingerprint density at radius 3 is 2.43 bits per heavy atom. The zero-order chi connectivity index (χ0) is 21.3. The minimum Gasteiger partial charge on any atom is -0.489 e. The largest absolute Gasteiger partial charge is 0.489 e. The molecule has 0 aliphatic heterocycles. The highest BCUT2D eigenvalue weighted by molar-refractivity contribution is 5.92. The molecule has 3 aromatic carbocycles. The standard InChI is InChI=1S/C24H22FNO4/c1-26(15-18-8-7-10-20(25)14-18)23(27)17-30-24(28)22-13-6-5-9-19(22)16-29-21-11-3-2-4-12-21/h2-14H,15-17H2,1H3. The molecule has 0 aromatic heterocycles. The third-order valence-corrected chi connectivity index (χ3v) is 4.44. The molecule has 0 aliphatic carbocycles. The maximum Gasteiger partial charge on any atom is 0.339 e. The molecule has 0 saturated carbocycles. The van der Waals surface area contributed by atoms with Gasteiger partial charge in [-0.1, -0.05) is 48.5 Å². The number of benzene rings is 3. The van der Waals surface area contributed by atoms with Crippen LogP contribution in [-0.2, 0) is 22.7 Å². The lowest BCUT2D eigenvalue weighted by atomic mass is 10.1. The van der Waals surface area contributed by atoms with Gasteiger partial charge in [0, 0.05) is 19.2 Å². The van der Waals surface area contributed by atoms with Crippen molar-refractivity contribution in [2.24, 2.45) is 0 Å². The smallest absolute Gasteiger partial charge is 0.339 e. The van der Waals surface area contributed by atoms with Gasteiger partial charge in [0.25, 0.3) is 5.91 Å². The van der Waals surface area contributed by atoms with Gasteiger partial charge in [-0.2, -0.15) is 0 Å². The molecule has 0 radical (unpaired) electrons. The summed E-state index contributed by atoms with van der Waals surface area (Å²) in [6.07, 6.45) is 0. The van der Waals surface area contributed by atoms with E-state index in [1.807, 2.05) is 30.3 Å². The van der Waals surface area contributed by atoms with E-state index in [0.29, 0.717) is 22.4 Å². The molecule has 6 heteroatoms. The van der Waals surface area contributed by atoms with Crippen LogP contribution in [0.4, 0.5) is 4.39 Å². The number of para-hydroxylation sites is 1. The number of ether oxygens (including phenoxy) is 2. The quantitative estimate of drug-likeness (QED) is 0.525. The molecule has 3 aromatic rings. The number of amides is 1. The molecule has 0 fully saturated rings. The molecular weight excluding hydrogens is 385 g/mol. The van der Waals surface area contributed by atoms with Crippen LogP contribution in [0.15, 0.2) is 78.9 Å². The fourth-order valence-corrected chi connectivity index (χ4v) is 2.84. The van der Waals surface area contributed by atoms with Crippen LogP contribution >= 0.6 is 0 Å². The van der Waals surface area contributed by atoms with Crippen LogP contribution in [0.3, 0.4) is 0 Å². The second-order valence-corrected chi connectivity index (χ2v) is 6.71. The molecule has 3 rings (SSSR count).